The average molecular weight is 361 g/mol. The minimum atomic E-state index is -0.236. The van der Waals surface area contributed by atoms with E-state index in [0.29, 0.717) is 18.1 Å². The Balaban J connectivity index is 1.92. The van der Waals surface area contributed by atoms with E-state index in [1.165, 1.54) is 16.9 Å². The molecule has 1 aliphatic rings. The van der Waals surface area contributed by atoms with E-state index in [2.05, 4.69) is 34.3 Å². The number of methoxy groups -OCH3 is 1. The molecule has 2 atom stereocenters. The highest BCUT2D eigenvalue weighted by molar-refractivity contribution is 7.80. The number of aromatic nitrogens is 1. The number of thiophene rings is 1. The number of aryl methyl sites for hydroxylation is 1. The van der Waals surface area contributed by atoms with Crippen LogP contribution in [0.5, 0.6) is 0 Å². The Labute approximate surface area is 150 Å². The van der Waals surface area contributed by atoms with Crippen molar-refractivity contribution in [1.82, 2.24) is 15.2 Å². The van der Waals surface area contributed by atoms with Gasteiger partial charge in [0, 0.05) is 22.5 Å². The van der Waals surface area contributed by atoms with Gasteiger partial charge in [0.15, 0.2) is 5.11 Å². The fourth-order valence-corrected chi connectivity index (χ4v) is 4.24. The smallest absolute Gasteiger partial charge is 0.307 e. The second-order valence-electron chi connectivity index (χ2n) is 5.59. The van der Waals surface area contributed by atoms with Gasteiger partial charge in [0.05, 0.1) is 31.3 Å². The Morgan fingerprint density at radius 3 is 2.88 bits per heavy atom. The maximum atomic E-state index is 11.6. The number of carbonyl (C=O) groups is 1. The number of nitrogens with zero attached hydrogens (tertiary/aromatic N) is 2. The van der Waals surface area contributed by atoms with Crippen LogP contribution in [0.3, 0.4) is 0 Å². The van der Waals surface area contributed by atoms with Crippen LogP contribution in [0.1, 0.15) is 34.0 Å². The summed E-state index contributed by atoms with van der Waals surface area (Å²) in [4.78, 5) is 20.6. The number of pyridine rings is 1. The minimum Gasteiger partial charge on any atom is -0.469 e. The number of ether oxygens (including phenoxy) is 1. The second kappa shape index (κ2) is 7.27. The first-order chi connectivity index (χ1) is 11.6. The van der Waals surface area contributed by atoms with Crippen molar-refractivity contribution in [3.63, 3.8) is 0 Å². The van der Waals surface area contributed by atoms with Crippen LogP contribution >= 0.6 is 23.6 Å². The first-order valence-corrected chi connectivity index (χ1v) is 8.94. The summed E-state index contributed by atoms with van der Waals surface area (Å²) in [5.41, 5.74) is 0.941. The van der Waals surface area contributed by atoms with Gasteiger partial charge in [-0.15, -0.1) is 11.3 Å². The zero-order valence-corrected chi connectivity index (χ0v) is 15.2. The summed E-state index contributed by atoms with van der Waals surface area (Å²) in [6, 6.07) is 10.1. The summed E-state index contributed by atoms with van der Waals surface area (Å²) in [5, 5.41) is 4.01. The molecule has 7 heteroatoms. The molecule has 24 heavy (non-hydrogen) atoms. The van der Waals surface area contributed by atoms with E-state index in [9.17, 15) is 4.79 Å². The number of carbonyl (C=O) groups excluding carboxylic acids is 1. The van der Waals surface area contributed by atoms with Crippen molar-refractivity contribution < 1.29 is 9.53 Å². The third kappa shape index (κ3) is 3.42. The highest BCUT2D eigenvalue weighted by Gasteiger charge is 2.40. The number of thiocarbonyl (C=S) groups is 1. The number of nitrogens with one attached hydrogen (secondary N) is 1. The molecule has 2 aromatic heterocycles. The normalized spacial score (nSPS) is 20.1. The molecule has 0 aliphatic carbocycles. The van der Waals surface area contributed by atoms with Crippen LogP contribution in [0.2, 0.25) is 0 Å². The van der Waals surface area contributed by atoms with E-state index in [-0.39, 0.29) is 18.1 Å². The van der Waals surface area contributed by atoms with Crippen molar-refractivity contribution in [3.05, 3.63) is 52.0 Å². The van der Waals surface area contributed by atoms with Crippen LogP contribution < -0.4 is 5.32 Å². The van der Waals surface area contributed by atoms with Gasteiger partial charge in [0.25, 0.3) is 0 Å². The largest absolute Gasteiger partial charge is 0.469 e. The van der Waals surface area contributed by atoms with Crippen LogP contribution in [-0.4, -0.2) is 34.6 Å². The van der Waals surface area contributed by atoms with Crippen LogP contribution in [0.4, 0.5) is 0 Å². The van der Waals surface area contributed by atoms with Gasteiger partial charge in [0.1, 0.15) is 0 Å². The summed E-state index contributed by atoms with van der Waals surface area (Å²) in [6.07, 6.45) is 2.09. The van der Waals surface area contributed by atoms with Crippen molar-refractivity contribution in [2.24, 2.45) is 0 Å². The van der Waals surface area contributed by atoms with E-state index >= 15 is 0 Å². The molecule has 1 N–H and O–H groups in total. The predicted molar refractivity (Wildman–Crippen MR) is 97.8 cm³/mol. The van der Waals surface area contributed by atoms with E-state index in [4.69, 9.17) is 17.0 Å². The summed E-state index contributed by atoms with van der Waals surface area (Å²) in [5.74, 6) is -0.236. The van der Waals surface area contributed by atoms with Gasteiger partial charge in [-0.3, -0.25) is 9.78 Å². The van der Waals surface area contributed by atoms with Crippen molar-refractivity contribution in [2.45, 2.75) is 25.4 Å². The molecule has 5 nitrogen and oxygen atoms in total. The quantitative estimate of drug-likeness (QED) is 0.653. The SMILES string of the molecule is COC(=O)CCN1C(=S)N[C@H](c2ccccn2)[C@@H]1c1ccc(C)s1. The van der Waals surface area contributed by atoms with Crippen molar-refractivity contribution in [2.75, 3.05) is 13.7 Å². The van der Waals surface area contributed by atoms with Crippen LogP contribution in [-0.2, 0) is 9.53 Å². The molecule has 1 fully saturated rings. The van der Waals surface area contributed by atoms with E-state index in [1.54, 1.807) is 17.5 Å². The van der Waals surface area contributed by atoms with Gasteiger partial charge in [-0.05, 0) is 43.4 Å². The highest BCUT2D eigenvalue weighted by Crippen LogP contribution is 2.41. The molecular formula is C17H19N3O2S2. The standard InChI is InChI=1S/C17H19N3O2S2/c1-11-6-7-13(24-11)16-15(12-5-3-4-9-18-12)19-17(23)20(16)10-8-14(21)22-2/h3-7,9,15-16H,8,10H2,1-2H3,(H,19,23)/t15-,16+/m1/s1. The van der Waals surface area contributed by atoms with E-state index in [1.807, 2.05) is 18.2 Å². The molecule has 1 saturated heterocycles. The first kappa shape index (κ1) is 16.9. The maximum Gasteiger partial charge on any atom is 0.307 e. The third-order valence-electron chi connectivity index (χ3n) is 4.03. The monoisotopic (exact) mass is 361 g/mol. The van der Waals surface area contributed by atoms with Gasteiger partial charge in [-0.1, -0.05) is 6.07 Å². The number of hydrogen-bond acceptors (Lipinski definition) is 5. The predicted octanol–water partition coefficient (Wildman–Crippen LogP) is 2.99. The van der Waals surface area contributed by atoms with Crippen LogP contribution in [0.15, 0.2) is 36.5 Å². The Morgan fingerprint density at radius 1 is 1.42 bits per heavy atom. The molecule has 0 unspecified atom stereocenters. The topological polar surface area (TPSA) is 54.5 Å². The molecule has 0 aromatic carbocycles. The van der Waals surface area contributed by atoms with E-state index < -0.39 is 0 Å². The zero-order valence-electron chi connectivity index (χ0n) is 13.6. The zero-order chi connectivity index (χ0) is 17.1. The third-order valence-corrected chi connectivity index (χ3v) is 5.46. The lowest BCUT2D eigenvalue weighted by molar-refractivity contribution is -0.140. The molecule has 3 heterocycles. The molecule has 0 amide bonds. The second-order valence-corrected chi connectivity index (χ2v) is 7.30. The minimum absolute atomic E-state index is 0.0238. The Hall–Kier alpha value is -1.99. The van der Waals surface area contributed by atoms with E-state index in [0.717, 1.165) is 5.69 Å². The van der Waals surface area contributed by atoms with Crippen molar-refractivity contribution >= 4 is 34.6 Å². The van der Waals surface area contributed by atoms with Gasteiger partial charge < -0.3 is 15.0 Å². The molecule has 0 saturated carbocycles. The van der Waals surface area contributed by atoms with Gasteiger partial charge in [0.2, 0.25) is 0 Å². The summed E-state index contributed by atoms with van der Waals surface area (Å²) < 4.78 is 4.76. The Morgan fingerprint density at radius 2 is 2.25 bits per heavy atom. The molecule has 0 bridgehead atoms. The number of esters is 1. The van der Waals surface area contributed by atoms with Crippen molar-refractivity contribution in [3.8, 4) is 0 Å². The average Bonchev–Trinajstić information content (AvgIpc) is 3.16. The molecule has 0 radical (unpaired) electrons. The Kier molecular flexibility index (Phi) is 5.11. The first-order valence-electron chi connectivity index (χ1n) is 7.71. The lowest BCUT2D eigenvalue weighted by atomic mass is 10.0. The fraction of sp³-hybridized carbons (Fsp3) is 0.353. The van der Waals surface area contributed by atoms with Crippen molar-refractivity contribution in [1.29, 1.82) is 0 Å². The summed E-state index contributed by atoms with van der Waals surface area (Å²) in [7, 11) is 1.40. The number of rotatable bonds is 5. The Bertz CT molecular complexity index is 732. The summed E-state index contributed by atoms with van der Waals surface area (Å²) in [6.45, 7) is 2.60. The molecular weight excluding hydrogens is 342 g/mol. The highest BCUT2D eigenvalue weighted by atomic mass is 32.1. The van der Waals surface area contributed by atoms with Gasteiger partial charge in [-0.25, -0.2) is 0 Å². The molecule has 3 rings (SSSR count). The van der Waals surface area contributed by atoms with Gasteiger partial charge in [-0.2, -0.15) is 0 Å². The summed E-state index contributed by atoms with van der Waals surface area (Å²) >= 11 is 7.27. The lowest BCUT2D eigenvalue weighted by Crippen LogP contribution is -2.31. The number of hydrogen-bond donors (Lipinski definition) is 1. The van der Waals surface area contributed by atoms with Crippen LogP contribution in [0, 0.1) is 6.92 Å². The van der Waals surface area contributed by atoms with Crippen LogP contribution in [0.25, 0.3) is 0 Å². The lowest BCUT2D eigenvalue weighted by Gasteiger charge is -2.26. The molecule has 1 aliphatic heterocycles. The fourth-order valence-electron chi connectivity index (χ4n) is 2.88. The van der Waals surface area contributed by atoms with Gasteiger partial charge >= 0.3 is 5.97 Å². The molecule has 126 valence electrons. The molecule has 2 aromatic rings. The molecule has 0 spiro atoms. The maximum absolute atomic E-state index is 11.6.